The van der Waals surface area contributed by atoms with Gasteiger partial charge in [-0.25, -0.2) is 17.8 Å². The van der Waals surface area contributed by atoms with E-state index in [1.54, 1.807) is 36.7 Å². The molecule has 1 atom stereocenters. The van der Waals surface area contributed by atoms with E-state index >= 15 is 0 Å². The second kappa shape index (κ2) is 13.7. The molecule has 0 saturated heterocycles. The van der Waals surface area contributed by atoms with Crippen LogP contribution in [0, 0.1) is 0 Å². The number of pyridine rings is 1. The van der Waals surface area contributed by atoms with Crippen LogP contribution >= 0.6 is 11.3 Å². The van der Waals surface area contributed by atoms with Crippen LogP contribution in [-0.2, 0) is 32.7 Å². The highest BCUT2D eigenvalue weighted by Crippen LogP contribution is 2.33. The van der Waals surface area contributed by atoms with Gasteiger partial charge in [-0.05, 0) is 72.3 Å². The van der Waals surface area contributed by atoms with Gasteiger partial charge in [0.25, 0.3) is 0 Å². The van der Waals surface area contributed by atoms with E-state index < -0.39 is 22.0 Å². The molecule has 45 heavy (non-hydrogen) atoms. The number of nitrogens with zero attached hydrogens (tertiary/aromatic N) is 5. The minimum absolute atomic E-state index is 0.0309. The second-order valence-electron chi connectivity index (χ2n) is 10.9. The van der Waals surface area contributed by atoms with E-state index in [0.717, 1.165) is 37.7 Å². The lowest BCUT2D eigenvalue weighted by atomic mass is 9.95. The summed E-state index contributed by atoms with van der Waals surface area (Å²) in [6.45, 7) is -0.0952. The highest BCUT2D eigenvalue weighted by molar-refractivity contribution is 7.89. The van der Waals surface area contributed by atoms with E-state index in [-0.39, 0.29) is 29.9 Å². The fourth-order valence-corrected chi connectivity index (χ4v) is 7.40. The van der Waals surface area contributed by atoms with Crippen molar-refractivity contribution in [1.29, 1.82) is 0 Å². The summed E-state index contributed by atoms with van der Waals surface area (Å²) in [5.74, 6) is -0.677. The molecule has 3 aromatic heterocycles. The maximum absolute atomic E-state index is 14.3. The summed E-state index contributed by atoms with van der Waals surface area (Å²) in [4.78, 5) is 34.5. The maximum Gasteiger partial charge on any atom is 0.249 e. The average molecular weight is 644 g/mol. The first kappa shape index (κ1) is 30.6. The Morgan fingerprint density at radius 3 is 2.51 bits per heavy atom. The van der Waals surface area contributed by atoms with Gasteiger partial charge in [0.15, 0.2) is 0 Å². The predicted octanol–water partition coefficient (Wildman–Crippen LogP) is 4.59. The van der Waals surface area contributed by atoms with Crippen LogP contribution < -0.4 is 14.9 Å². The molecule has 2 amide bonds. The summed E-state index contributed by atoms with van der Waals surface area (Å²) in [6, 6.07) is 19.6. The van der Waals surface area contributed by atoms with Crippen molar-refractivity contribution in [1.82, 2.24) is 30.0 Å². The number of fused-ring (bicyclic) bond motifs is 1. The number of sulfonamides is 1. The number of carbonyl (C=O) groups is 2. The molecule has 0 radical (unpaired) electrons. The Bertz CT molecular complexity index is 1850. The molecule has 1 aliphatic carbocycles. The molecule has 0 unspecified atom stereocenters. The molecule has 2 aromatic carbocycles. The van der Waals surface area contributed by atoms with E-state index in [0.29, 0.717) is 21.6 Å². The van der Waals surface area contributed by atoms with E-state index in [2.05, 4.69) is 25.3 Å². The number of hydrogen-bond donors (Lipinski definition) is 2. The molecule has 1 aliphatic rings. The molecular weight excluding hydrogens is 611 g/mol. The van der Waals surface area contributed by atoms with Crippen LogP contribution in [0.15, 0.2) is 95.5 Å². The number of aromatic nitrogens is 4. The van der Waals surface area contributed by atoms with Gasteiger partial charge in [-0.15, -0.1) is 16.4 Å². The van der Waals surface area contributed by atoms with Crippen LogP contribution in [0.3, 0.4) is 0 Å². The van der Waals surface area contributed by atoms with Gasteiger partial charge in [-0.1, -0.05) is 48.7 Å². The number of anilines is 1. The summed E-state index contributed by atoms with van der Waals surface area (Å²) >= 11 is 1.38. The van der Waals surface area contributed by atoms with E-state index in [1.165, 1.54) is 33.1 Å². The SMILES string of the molecule is O=C(NC1CCCCC1)[C@H](c1cccs1)N(C(=O)Cn1nnc2ccccc21)c1ccc(S(=O)(=O)NCc2cccnc2)cc1. The summed E-state index contributed by atoms with van der Waals surface area (Å²) < 4.78 is 30.3. The van der Waals surface area contributed by atoms with Crippen molar-refractivity contribution in [3.63, 3.8) is 0 Å². The highest BCUT2D eigenvalue weighted by Gasteiger charge is 2.35. The number of para-hydroxylation sites is 1. The number of hydrogen-bond acceptors (Lipinski definition) is 8. The Kier molecular flexibility index (Phi) is 9.29. The number of amides is 2. The second-order valence-corrected chi connectivity index (χ2v) is 13.7. The fourth-order valence-electron chi connectivity index (χ4n) is 5.57. The smallest absolute Gasteiger partial charge is 0.249 e. The van der Waals surface area contributed by atoms with Gasteiger partial charge in [-0.2, -0.15) is 0 Å². The van der Waals surface area contributed by atoms with E-state index in [4.69, 9.17) is 0 Å². The first-order valence-electron chi connectivity index (χ1n) is 14.8. The Balaban J connectivity index is 1.33. The number of benzene rings is 2. The monoisotopic (exact) mass is 643 g/mol. The number of carbonyl (C=O) groups excluding carboxylic acids is 2. The standard InChI is InChI=1S/C32H33N7O4S2/c40-30(22-38-28-12-5-4-11-27(28)36-37-38)39(31(29-13-7-19-44-29)32(41)35-24-9-2-1-3-10-24)25-14-16-26(17-15-25)45(42,43)34-21-23-8-6-18-33-20-23/h4-8,11-20,24,31,34H,1-3,9-10,21-22H2,(H,35,41)/t31-/m0/s1. The van der Waals surface area contributed by atoms with Crippen LogP contribution in [0.2, 0.25) is 0 Å². The van der Waals surface area contributed by atoms with Crippen LogP contribution in [0.25, 0.3) is 11.0 Å². The topological polar surface area (TPSA) is 139 Å². The Morgan fingerprint density at radius 1 is 0.978 bits per heavy atom. The third-order valence-electron chi connectivity index (χ3n) is 7.86. The highest BCUT2D eigenvalue weighted by atomic mass is 32.2. The van der Waals surface area contributed by atoms with Crippen molar-refractivity contribution in [2.75, 3.05) is 4.90 Å². The minimum Gasteiger partial charge on any atom is -0.351 e. The Morgan fingerprint density at radius 2 is 1.78 bits per heavy atom. The fraction of sp³-hybridized carbons (Fsp3) is 0.281. The molecule has 11 nitrogen and oxygen atoms in total. The molecule has 13 heteroatoms. The van der Waals surface area contributed by atoms with Crippen molar-refractivity contribution in [3.8, 4) is 0 Å². The molecule has 5 aromatic rings. The normalized spacial score (nSPS) is 14.7. The van der Waals surface area contributed by atoms with Crippen LogP contribution in [0.1, 0.15) is 48.6 Å². The van der Waals surface area contributed by atoms with Gasteiger partial charge < -0.3 is 5.32 Å². The zero-order valence-corrected chi connectivity index (χ0v) is 26.1. The zero-order chi connectivity index (χ0) is 31.2. The van der Waals surface area contributed by atoms with Gasteiger partial charge in [0.1, 0.15) is 18.1 Å². The zero-order valence-electron chi connectivity index (χ0n) is 24.5. The lowest BCUT2D eigenvalue weighted by Gasteiger charge is -2.33. The van der Waals surface area contributed by atoms with Crippen molar-refractivity contribution >= 4 is 49.9 Å². The number of thiophene rings is 1. The van der Waals surface area contributed by atoms with Crippen LogP contribution in [0.5, 0.6) is 0 Å². The lowest BCUT2D eigenvalue weighted by molar-refractivity contribution is -0.127. The molecular formula is C32H33N7O4S2. The van der Waals surface area contributed by atoms with Gasteiger partial charge in [0, 0.05) is 35.5 Å². The molecule has 0 bridgehead atoms. The predicted molar refractivity (Wildman–Crippen MR) is 172 cm³/mol. The Labute approximate surface area is 265 Å². The van der Waals surface area contributed by atoms with Crippen LogP contribution in [-0.4, -0.2) is 46.3 Å². The van der Waals surface area contributed by atoms with Gasteiger partial charge in [0.2, 0.25) is 21.8 Å². The van der Waals surface area contributed by atoms with Crippen molar-refractivity contribution in [3.05, 3.63) is 101 Å². The number of rotatable bonds is 11. The summed E-state index contributed by atoms with van der Waals surface area (Å²) in [6.07, 6.45) is 8.22. The van der Waals surface area contributed by atoms with E-state index in [9.17, 15) is 18.0 Å². The van der Waals surface area contributed by atoms with Gasteiger partial charge >= 0.3 is 0 Å². The number of nitrogens with one attached hydrogen (secondary N) is 2. The summed E-state index contributed by atoms with van der Waals surface area (Å²) in [7, 11) is -3.87. The minimum atomic E-state index is -3.87. The first-order valence-corrected chi connectivity index (χ1v) is 17.2. The summed E-state index contributed by atoms with van der Waals surface area (Å²) in [5, 5.41) is 13.4. The molecule has 232 valence electrons. The maximum atomic E-state index is 14.3. The van der Waals surface area contributed by atoms with E-state index in [1.807, 2.05) is 41.8 Å². The van der Waals surface area contributed by atoms with Crippen molar-refractivity contribution < 1.29 is 18.0 Å². The molecule has 1 saturated carbocycles. The Hall–Kier alpha value is -4.46. The van der Waals surface area contributed by atoms with Crippen molar-refractivity contribution in [2.45, 2.75) is 62.2 Å². The van der Waals surface area contributed by atoms with Gasteiger partial charge in [-0.3, -0.25) is 19.5 Å². The third kappa shape index (κ3) is 7.11. The molecule has 1 fully saturated rings. The molecule has 2 N–H and O–H groups in total. The van der Waals surface area contributed by atoms with Crippen LogP contribution in [0.4, 0.5) is 5.69 Å². The average Bonchev–Trinajstić information content (AvgIpc) is 3.74. The molecule has 0 aliphatic heterocycles. The first-order chi connectivity index (χ1) is 21.9. The lowest BCUT2D eigenvalue weighted by Crippen LogP contribution is -2.48. The third-order valence-corrected chi connectivity index (χ3v) is 10.2. The van der Waals surface area contributed by atoms with Gasteiger partial charge in [0.05, 0.1) is 10.4 Å². The quantitative estimate of drug-likeness (QED) is 0.215. The molecule has 6 rings (SSSR count). The molecule has 0 spiro atoms. The summed E-state index contributed by atoms with van der Waals surface area (Å²) in [5.41, 5.74) is 2.44. The molecule has 3 heterocycles. The largest absolute Gasteiger partial charge is 0.351 e. The van der Waals surface area contributed by atoms with Crippen molar-refractivity contribution in [2.24, 2.45) is 0 Å².